The highest BCUT2D eigenvalue weighted by molar-refractivity contribution is 5.08. The number of hydrogen-bond acceptors (Lipinski definition) is 5. The number of likely N-dealkylation sites (N-methyl/N-ethyl adjacent to an activating group) is 1. The minimum atomic E-state index is 0.171. The van der Waals surface area contributed by atoms with Crippen molar-refractivity contribution >= 4 is 0 Å². The first kappa shape index (κ1) is 17.6. The van der Waals surface area contributed by atoms with Crippen LogP contribution in [0, 0.1) is 0 Å². The molecule has 0 unspecified atom stereocenters. The van der Waals surface area contributed by atoms with Crippen LogP contribution in [-0.4, -0.2) is 109 Å². The second kappa shape index (κ2) is 6.60. The summed E-state index contributed by atoms with van der Waals surface area (Å²) in [5, 5.41) is 0. The number of ether oxygens (including phenoxy) is 1. The van der Waals surface area contributed by atoms with E-state index in [1.807, 2.05) is 0 Å². The van der Waals surface area contributed by atoms with E-state index in [1.165, 1.54) is 39.3 Å². The summed E-state index contributed by atoms with van der Waals surface area (Å²) in [6.07, 6.45) is 0. The van der Waals surface area contributed by atoms with Crippen LogP contribution in [0.2, 0.25) is 0 Å². The van der Waals surface area contributed by atoms with Gasteiger partial charge in [-0.2, -0.15) is 0 Å². The average molecular weight is 325 g/mol. The lowest BCUT2D eigenvalue weighted by Gasteiger charge is -2.61. The van der Waals surface area contributed by atoms with Gasteiger partial charge in [-0.05, 0) is 34.7 Å². The third kappa shape index (κ3) is 3.31. The van der Waals surface area contributed by atoms with Gasteiger partial charge < -0.3 is 9.64 Å². The molecule has 0 aliphatic carbocycles. The van der Waals surface area contributed by atoms with E-state index >= 15 is 0 Å². The van der Waals surface area contributed by atoms with Gasteiger partial charge in [-0.1, -0.05) is 0 Å². The summed E-state index contributed by atoms with van der Waals surface area (Å²) in [7, 11) is 2.23. The van der Waals surface area contributed by atoms with Crippen LogP contribution in [0.5, 0.6) is 0 Å². The van der Waals surface area contributed by atoms with Crippen LogP contribution in [0.4, 0.5) is 0 Å². The van der Waals surface area contributed by atoms with Gasteiger partial charge in [-0.25, -0.2) is 0 Å². The SMILES string of the molecule is CN1CCN(C2CN(C(C)(C)C(C)(C)N3CCOCC3)C2)CC1. The molecular formula is C18H36N4O. The Morgan fingerprint density at radius 3 is 1.83 bits per heavy atom. The number of morpholine rings is 1. The van der Waals surface area contributed by atoms with Crippen molar-refractivity contribution in [2.75, 3.05) is 72.6 Å². The van der Waals surface area contributed by atoms with Crippen LogP contribution < -0.4 is 0 Å². The van der Waals surface area contributed by atoms with Crippen molar-refractivity contribution in [2.24, 2.45) is 0 Å². The molecule has 3 aliphatic rings. The van der Waals surface area contributed by atoms with Crippen LogP contribution in [0.15, 0.2) is 0 Å². The van der Waals surface area contributed by atoms with Gasteiger partial charge in [0, 0.05) is 69.5 Å². The van der Waals surface area contributed by atoms with Crippen molar-refractivity contribution in [1.82, 2.24) is 19.6 Å². The quantitative estimate of drug-likeness (QED) is 0.761. The first-order valence-electron chi connectivity index (χ1n) is 9.33. The topological polar surface area (TPSA) is 22.2 Å². The monoisotopic (exact) mass is 324 g/mol. The summed E-state index contributed by atoms with van der Waals surface area (Å²) in [5.41, 5.74) is 0.358. The zero-order chi connectivity index (χ0) is 16.7. The molecule has 23 heavy (non-hydrogen) atoms. The maximum Gasteiger partial charge on any atom is 0.0594 e. The van der Waals surface area contributed by atoms with Gasteiger partial charge in [0.2, 0.25) is 0 Å². The average Bonchev–Trinajstić information content (AvgIpc) is 2.48. The Labute approximate surface area is 142 Å². The van der Waals surface area contributed by atoms with Crippen molar-refractivity contribution in [1.29, 1.82) is 0 Å². The molecule has 5 heteroatoms. The van der Waals surface area contributed by atoms with E-state index in [1.54, 1.807) is 0 Å². The Bertz CT molecular complexity index is 392. The summed E-state index contributed by atoms with van der Waals surface area (Å²) >= 11 is 0. The van der Waals surface area contributed by atoms with Crippen LogP contribution in [-0.2, 0) is 4.74 Å². The van der Waals surface area contributed by atoms with Gasteiger partial charge in [-0.15, -0.1) is 0 Å². The fourth-order valence-corrected chi connectivity index (χ4v) is 4.23. The van der Waals surface area contributed by atoms with E-state index in [-0.39, 0.29) is 11.1 Å². The molecule has 134 valence electrons. The highest BCUT2D eigenvalue weighted by atomic mass is 16.5. The second-order valence-corrected chi connectivity index (χ2v) is 8.62. The number of likely N-dealkylation sites (tertiary alicyclic amines) is 1. The molecule has 0 aromatic carbocycles. The zero-order valence-corrected chi connectivity index (χ0v) is 15.8. The third-order valence-corrected chi connectivity index (χ3v) is 7.01. The van der Waals surface area contributed by atoms with Crippen molar-refractivity contribution in [3.05, 3.63) is 0 Å². The molecular weight excluding hydrogens is 288 g/mol. The molecule has 3 saturated heterocycles. The van der Waals surface area contributed by atoms with Crippen molar-refractivity contribution in [3.63, 3.8) is 0 Å². The Hall–Kier alpha value is -0.200. The Morgan fingerprint density at radius 1 is 0.739 bits per heavy atom. The molecule has 0 aromatic heterocycles. The van der Waals surface area contributed by atoms with Crippen LogP contribution in [0.1, 0.15) is 27.7 Å². The normalized spacial score (nSPS) is 28.0. The van der Waals surface area contributed by atoms with E-state index in [2.05, 4.69) is 54.3 Å². The highest BCUT2D eigenvalue weighted by Gasteiger charge is 2.50. The Kier molecular flexibility index (Phi) is 5.06. The van der Waals surface area contributed by atoms with Crippen LogP contribution in [0.3, 0.4) is 0 Å². The molecule has 0 atom stereocenters. The van der Waals surface area contributed by atoms with Gasteiger partial charge in [0.05, 0.1) is 13.2 Å². The summed E-state index contributed by atoms with van der Waals surface area (Å²) in [4.78, 5) is 10.5. The van der Waals surface area contributed by atoms with E-state index in [9.17, 15) is 0 Å². The fraction of sp³-hybridized carbons (Fsp3) is 1.00. The molecule has 3 heterocycles. The predicted molar refractivity (Wildman–Crippen MR) is 95.0 cm³/mol. The van der Waals surface area contributed by atoms with Gasteiger partial charge >= 0.3 is 0 Å². The molecule has 0 bridgehead atoms. The lowest BCUT2D eigenvalue weighted by atomic mass is 9.77. The first-order valence-corrected chi connectivity index (χ1v) is 9.33. The fourth-order valence-electron chi connectivity index (χ4n) is 4.23. The summed E-state index contributed by atoms with van der Waals surface area (Å²) < 4.78 is 5.55. The van der Waals surface area contributed by atoms with Crippen molar-refractivity contribution in [3.8, 4) is 0 Å². The molecule has 3 rings (SSSR count). The number of hydrogen-bond donors (Lipinski definition) is 0. The van der Waals surface area contributed by atoms with E-state index in [0.29, 0.717) is 0 Å². The van der Waals surface area contributed by atoms with Gasteiger partial charge in [0.25, 0.3) is 0 Å². The van der Waals surface area contributed by atoms with Crippen LogP contribution in [0.25, 0.3) is 0 Å². The molecule has 3 aliphatic heterocycles. The van der Waals surface area contributed by atoms with Gasteiger partial charge in [0.15, 0.2) is 0 Å². The molecule has 0 amide bonds. The predicted octanol–water partition coefficient (Wildman–Crippen LogP) is 0.807. The summed E-state index contributed by atoms with van der Waals surface area (Å²) in [6, 6.07) is 0.767. The zero-order valence-electron chi connectivity index (χ0n) is 15.8. The molecule has 0 saturated carbocycles. The second-order valence-electron chi connectivity index (χ2n) is 8.62. The number of rotatable bonds is 4. The summed E-state index contributed by atoms with van der Waals surface area (Å²) in [6.45, 7) is 21.0. The van der Waals surface area contributed by atoms with Crippen molar-refractivity contribution in [2.45, 2.75) is 44.8 Å². The summed E-state index contributed by atoms with van der Waals surface area (Å²) in [5.74, 6) is 0. The number of piperazine rings is 1. The number of nitrogens with zero attached hydrogens (tertiary/aromatic N) is 4. The molecule has 0 aromatic rings. The van der Waals surface area contributed by atoms with E-state index < -0.39 is 0 Å². The third-order valence-electron chi connectivity index (χ3n) is 7.01. The lowest BCUT2D eigenvalue weighted by molar-refractivity contribution is -0.118. The largest absolute Gasteiger partial charge is 0.379 e. The Morgan fingerprint density at radius 2 is 1.26 bits per heavy atom. The maximum atomic E-state index is 5.55. The minimum absolute atomic E-state index is 0.171. The Balaban J connectivity index is 1.56. The van der Waals surface area contributed by atoms with E-state index in [0.717, 1.165) is 32.3 Å². The van der Waals surface area contributed by atoms with Crippen molar-refractivity contribution < 1.29 is 4.74 Å². The highest BCUT2D eigenvalue weighted by Crippen LogP contribution is 2.37. The van der Waals surface area contributed by atoms with Gasteiger partial charge in [0.1, 0.15) is 0 Å². The molecule has 0 radical (unpaired) electrons. The molecule has 3 fully saturated rings. The van der Waals surface area contributed by atoms with Gasteiger partial charge in [-0.3, -0.25) is 14.7 Å². The molecule has 5 nitrogen and oxygen atoms in total. The minimum Gasteiger partial charge on any atom is -0.379 e. The molecule has 0 spiro atoms. The lowest BCUT2D eigenvalue weighted by Crippen LogP contribution is -2.74. The van der Waals surface area contributed by atoms with E-state index in [4.69, 9.17) is 4.74 Å². The van der Waals surface area contributed by atoms with Crippen LogP contribution >= 0.6 is 0 Å². The first-order chi connectivity index (χ1) is 10.8. The standard InChI is InChI=1S/C18H36N4O/c1-17(2,21-10-12-23-13-11-21)18(3,4)22-14-16(15-22)20-8-6-19(5)7-9-20/h16H,6-15H2,1-5H3. The molecule has 0 N–H and O–H groups in total. The maximum absolute atomic E-state index is 5.55. The smallest absolute Gasteiger partial charge is 0.0594 e.